The molecule has 1 aliphatic rings. The molecule has 34 heavy (non-hydrogen) atoms. The smallest absolute Gasteiger partial charge is 0.262 e. The number of ether oxygens (including phenoxy) is 2. The van der Waals surface area contributed by atoms with E-state index in [2.05, 4.69) is 20.5 Å². The Morgan fingerprint density at radius 2 is 1.68 bits per heavy atom. The Kier molecular flexibility index (Phi) is 6.38. The van der Waals surface area contributed by atoms with Gasteiger partial charge in [-0.2, -0.15) is 5.10 Å². The van der Waals surface area contributed by atoms with Gasteiger partial charge in [0, 0.05) is 24.5 Å². The summed E-state index contributed by atoms with van der Waals surface area (Å²) in [4.78, 5) is 12.7. The first-order chi connectivity index (χ1) is 16.1. The number of hydrogen-bond donors (Lipinski definition) is 3. The number of aryl methyl sites for hydroxylation is 2. The lowest BCUT2D eigenvalue weighted by atomic mass is 10.2. The number of nitrogens with one attached hydrogen (secondary N) is 3. The van der Waals surface area contributed by atoms with E-state index in [1.165, 1.54) is 12.1 Å². The number of aromatic nitrogens is 2. The summed E-state index contributed by atoms with van der Waals surface area (Å²) in [5, 5.41) is 10.3. The Bertz CT molecular complexity index is 1320. The number of anilines is 3. The zero-order valence-electron chi connectivity index (χ0n) is 19.4. The molecule has 0 bridgehead atoms. The molecule has 0 saturated carbocycles. The monoisotopic (exact) mass is 485 g/mol. The van der Waals surface area contributed by atoms with E-state index in [9.17, 15) is 13.2 Å². The zero-order valence-corrected chi connectivity index (χ0v) is 20.2. The van der Waals surface area contributed by atoms with Crippen LogP contribution in [0.25, 0.3) is 0 Å². The van der Waals surface area contributed by atoms with Crippen molar-refractivity contribution in [1.82, 2.24) is 9.78 Å². The summed E-state index contributed by atoms with van der Waals surface area (Å²) in [5.74, 6) is 0.716. The van der Waals surface area contributed by atoms with Gasteiger partial charge in [0.15, 0.2) is 11.5 Å². The number of rotatable bonds is 7. The summed E-state index contributed by atoms with van der Waals surface area (Å²) < 4.78 is 40.7. The molecule has 2 aromatic carbocycles. The number of sulfonamides is 1. The van der Waals surface area contributed by atoms with Crippen molar-refractivity contribution in [1.29, 1.82) is 0 Å². The SMILES string of the molecule is Cc1nn(C)c(C)c1NC(=O)[C@@H](C)Nc1ccc(NS(=O)(=O)c2ccc3c(c2)OCCO3)cc1. The first kappa shape index (κ1) is 23.4. The molecule has 1 amide bonds. The van der Waals surface area contributed by atoms with Crippen LogP contribution in [0.4, 0.5) is 17.1 Å². The fraction of sp³-hybridized carbons (Fsp3) is 0.304. The summed E-state index contributed by atoms with van der Waals surface area (Å²) in [5.41, 5.74) is 3.37. The van der Waals surface area contributed by atoms with Crippen molar-refractivity contribution < 1.29 is 22.7 Å². The van der Waals surface area contributed by atoms with Crippen LogP contribution < -0.4 is 24.8 Å². The molecule has 0 fully saturated rings. The van der Waals surface area contributed by atoms with Crippen molar-refractivity contribution in [3.05, 3.63) is 53.9 Å². The maximum atomic E-state index is 12.8. The topological polar surface area (TPSA) is 124 Å². The summed E-state index contributed by atoms with van der Waals surface area (Å²) >= 11 is 0. The third-order valence-corrected chi connectivity index (χ3v) is 6.87. The second-order valence-electron chi connectivity index (χ2n) is 8.01. The zero-order chi connectivity index (χ0) is 24.5. The van der Waals surface area contributed by atoms with Crippen LogP contribution >= 0.6 is 0 Å². The first-order valence-electron chi connectivity index (χ1n) is 10.7. The minimum Gasteiger partial charge on any atom is -0.486 e. The van der Waals surface area contributed by atoms with Gasteiger partial charge in [0.05, 0.1) is 22.0 Å². The average molecular weight is 486 g/mol. The highest BCUT2D eigenvalue weighted by Gasteiger charge is 2.20. The van der Waals surface area contributed by atoms with Crippen molar-refractivity contribution in [3.63, 3.8) is 0 Å². The third kappa shape index (κ3) is 4.93. The molecule has 0 saturated heterocycles. The maximum Gasteiger partial charge on any atom is 0.262 e. The number of benzene rings is 2. The summed E-state index contributed by atoms with van der Waals surface area (Å²) in [6.45, 7) is 6.27. The molecule has 0 unspecified atom stereocenters. The number of carbonyl (C=O) groups is 1. The molecule has 3 N–H and O–H groups in total. The van der Waals surface area contributed by atoms with Gasteiger partial charge in [0.2, 0.25) is 5.91 Å². The van der Waals surface area contributed by atoms with Gasteiger partial charge in [-0.25, -0.2) is 8.42 Å². The lowest BCUT2D eigenvalue weighted by Gasteiger charge is -2.19. The third-order valence-electron chi connectivity index (χ3n) is 5.49. The van der Waals surface area contributed by atoms with Gasteiger partial charge < -0.3 is 20.1 Å². The van der Waals surface area contributed by atoms with Crippen molar-refractivity contribution in [2.24, 2.45) is 7.05 Å². The van der Waals surface area contributed by atoms with Crippen LogP contribution in [0.15, 0.2) is 47.4 Å². The minimum atomic E-state index is -3.81. The van der Waals surface area contributed by atoms with Crippen molar-refractivity contribution in [3.8, 4) is 11.5 Å². The van der Waals surface area contributed by atoms with Gasteiger partial charge >= 0.3 is 0 Å². The van der Waals surface area contributed by atoms with E-state index in [4.69, 9.17) is 9.47 Å². The minimum absolute atomic E-state index is 0.0743. The maximum absolute atomic E-state index is 12.8. The van der Waals surface area contributed by atoms with Crippen molar-refractivity contribution in [2.75, 3.05) is 28.6 Å². The second-order valence-corrected chi connectivity index (χ2v) is 9.70. The average Bonchev–Trinajstić information content (AvgIpc) is 3.05. The molecule has 2 heterocycles. The van der Waals surface area contributed by atoms with E-state index in [1.807, 2.05) is 20.9 Å². The van der Waals surface area contributed by atoms with E-state index < -0.39 is 16.1 Å². The molecule has 0 spiro atoms. The molecule has 1 atom stereocenters. The lowest BCUT2D eigenvalue weighted by Crippen LogP contribution is -2.32. The normalized spacial score (nSPS) is 13.8. The van der Waals surface area contributed by atoms with Crippen LogP contribution in [0.3, 0.4) is 0 Å². The lowest BCUT2D eigenvalue weighted by molar-refractivity contribution is -0.116. The van der Waals surface area contributed by atoms with Crippen molar-refractivity contribution in [2.45, 2.75) is 31.7 Å². The van der Waals surface area contributed by atoms with Crippen LogP contribution in [0.1, 0.15) is 18.3 Å². The fourth-order valence-electron chi connectivity index (χ4n) is 3.54. The largest absolute Gasteiger partial charge is 0.486 e. The molecule has 4 rings (SSSR count). The Hall–Kier alpha value is -3.73. The van der Waals surface area contributed by atoms with Crippen LogP contribution in [-0.2, 0) is 21.9 Å². The van der Waals surface area contributed by atoms with Gasteiger partial charge in [-0.15, -0.1) is 0 Å². The number of fused-ring (bicyclic) bond motifs is 1. The van der Waals surface area contributed by atoms with E-state index in [0.717, 1.165) is 11.4 Å². The predicted octanol–water partition coefficient (Wildman–Crippen LogP) is 3.05. The highest BCUT2D eigenvalue weighted by Crippen LogP contribution is 2.32. The first-order valence-corrected chi connectivity index (χ1v) is 12.2. The summed E-state index contributed by atoms with van der Waals surface area (Å²) in [6.07, 6.45) is 0. The van der Waals surface area contributed by atoms with Gasteiger partial charge in [0.1, 0.15) is 19.3 Å². The molecule has 3 aromatic rings. The molecule has 180 valence electrons. The Labute approximate surface area is 198 Å². The van der Waals surface area contributed by atoms with E-state index in [0.29, 0.717) is 41.8 Å². The molecule has 1 aliphatic heterocycles. The van der Waals surface area contributed by atoms with Crippen LogP contribution in [-0.4, -0.2) is 43.4 Å². The van der Waals surface area contributed by atoms with Gasteiger partial charge in [0.25, 0.3) is 10.0 Å². The predicted molar refractivity (Wildman–Crippen MR) is 129 cm³/mol. The van der Waals surface area contributed by atoms with Gasteiger partial charge in [-0.1, -0.05) is 0 Å². The summed E-state index contributed by atoms with van der Waals surface area (Å²) in [6, 6.07) is 10.6. The summed E-state index contributed by atoms with van der Waals surface area (Å²) in [7, 11) is -1.99. The molecular formula is C23H27N5O5S. The molecule has 11 heteroatoms. The van der Waals surface area contributed by atoms with Crippen LogP contribution in [0.2, 0.25) is 0 Å². The van der Waals surface area contributed by atoms with E-state index in [-0.39, 0.29) is 10.8 Å². The van der Waals surface area contributed by atoms with Crippen LogP contribution in [0.5, 0.6) is 11.5 Å². The van der Waals surface area contributed by atoms with Gasteiger partial charge in [-0.05, 0) is 57.2 Å². The molecule has 0 aliphatic carbocycles. The van der Waals surface area contributed by atoms with E-state index in [1.54, 1.807) is 41.9 Å². The number of amides is 1. The Morgan fingerprint density at radius 1 is 1.03 bits per heavy atom. The quantitative estimate of drug-likeness (QED) is 0.470. The molecular weight excluding hydrogens is 458 g/mol. The number of hydrogen-bond acceptors (Lipinski definition) is 7. The van der Waals surface area contributed by atoms with E-state index >= 15 is 0 Å². The molecule has 1 aromatic heterocycles. The standard InChI is InChI=1S/C23H27N5O5S/c1-14-22(16(3)28(4)26-14)25-23(29)15(2)24-17-5-7-18(8-6-17)27-34(30,31)19-9-10-20-21(13-19)33-12-11-32-20/h5-10,13,15,24,27H,11-12H2,1-4H3,(H,25,29)/t15-/m1/s1. The van der Waals surface area contributed by atoms with Gasteiger partial charge in [-0.3, -0.25) is 14.2 Å². The molecule has 10 nitrogen and oxygen atoms in total. The fourth-order valence-corrected chi connectivity index (χ4v) is 4.61. The second kappa shape index (κ2) is 9.26. The number of carbonyl (C=O) groups excluding carboxylic acids is 1. The highest BCUT2D eigenvalue weighted by molar-refractivity contribution is 7.92. The Morgan fingerprint density at radius 3 is 2.32 bits per heavy atom. The Balaban J connectivity index is 1.39. The van der Waals surface area contributed by atoms with Crippen LogP contribution in [0, 0.1) is 13.8 Å². The highest BCUT2D eigenvalue weighted by atomic mass is 32.2. The number of nitrogens with zero attached hydrogens (tertiary/aromatic N) is 2. The molecule has 0 radical (unpaired) electrons. The van der Waals surface area contributed by atoms with Crippen molar-refractivity contribution >= 4 is 33.0 Å².